The van der Waals surface area contributed by atoms with Crippen LogP contribution in [-0.2, 0) is 6.42 Å². The molecule has 0 aliphatic carbocycles. The minimum absolute atomic E-state index is 0.242. The van der Waals surface area contributed by atoms with E-state index in [4.69, 9.17) is 4.74 Å². The third-order valence-electron chi connectivity index (χ3n) is 2.15. The number of aliphatic hydroxyl groups is 1. The molecule has 0 fully saturated rings. The third-order valence-corrected chi connectivity index (χ3v) is 2.15. The first-order chi connectivity index (χ1) is 6.56. The Morgan fingerprint density at radius 1 is 1.50 bits per heavy atom. The van der Waals surface area contributed by atoms with Gasteiger partial charge in [0.15, 0.2) is 11.6 Å². The molecule has 1 aromatic rings. The summed E-state index contributed by atoms with van der Waals surface area (Å²) in [6.07, 6.45) is -0.0864. The molecular weight excluding hydrogens is 183 g/mol. The van der Waals surface area contributed by atoms with Gasteiger partial charge in [0, 0.05) is 12.0 Å². The molecule has 0 aliphatic heterocycles. The summed E-state index contributed by atoms with van der Waals surface area (Å²) >= 11 is 0. The van der Waals surface area contributed by atoms with Crippen LogP contribution < -0.4 is 4.74 Å². The summed E-state index contributed by atoms with van der Waals surface area (Å²) in [5.74, 6) is -0.139. The number of hydrogen-bond acceptors (Lipinski definition) is 2. The van der Waals surface area contributed by atoms with Crippen LogP contribution in [0.15, 0.2) is 12.1 Å². The lowest BCUT2D eigenvalue weighted by atomic mass is 10.0. The number of rotatable bonds is 3. The topological polar surface area (TPSA) is 29.5 Å². The molecule has 1 rings (SSSR count). The zero-order valence-electron chi connectivity index (χ0n) is 8.67. The molecular formula is C11H15FO2. The zero-order chi connectivity index (χ0) is 10.7. The predicted octanol–water partition coefficient (Wildman–Crippen LogP) is 2.07. The zero-order valence-corrected chi connectivity index (χ0v) is 8.67. The second-order valence-corrected chi connectivity index (χ2v) is 3.43. The van der Waals surface area contributed by atoms with Crippen molar-refractivity contribution < 1.29 is 14.2 Å². The van der Waals surface area contributed by atoms with Crippen molar-refractivity contribution in [2.24, 2.45) is 0 Å². The van der Waals surface area contributed by atoms with E-state index in [1.807, 2.05) is 6.92 Å². The highest BCUT2D eigenvalue weighted by molar-refractivity contribution is 5.41. The molecule has 0 spiro atoms. The van der Waals surface area contributed by atoms with Crippen LogP contribution in [0.25, 0.3) is 0 Å². The van der Waals surface area contributed by atoms with E-state index in [1.165, 1.54) is 13.2 Å². The van der Waals surface area contributed by atoms with Gasteiger partial charge in [0.2, 0.25) is 0 Å². The van der Waals surface area contributed by atoms with E-state index in [1.54, 1.807) is 13.0 Å². The maximum Gasteiger partial charge on any atom is 0.165 e. The first kappa shape index (κ1) is 11.0. The molecule has 1 N–H and O–H groups in total. The molecule has 0 aromatic heterocycles. The van der Waals surface area contributed by atoms with E-state index in [0.29, 0.717) is 6.42 Å². The molecule has 0 amide bonds. The Morgan fingerprint density at radius 2 is 2.14 bits per heavy atom. The van der Waals surface area contributed by atoms with Crippen LogP contribution in [-0.4, -0.2) is 18.3 Å². The van der Waals surface area contributed by atoms with Gasteiger partial charge in [-0.1, -0.05) is 6.07 Å². The van der Waals surface area contributed by atoms with E-state index < -0.39 is 6.10 Å². The van der Waals surface area contributed by atoms with Crippen molar-refractivity contribution in [3.8, 4) is 5.75 Å². The van der Waals surface area contributed by atoms with Crippen molar-refractivity contribution in [3.05, 3.63) is 29.1 Å². The SMILES string of the molecule is COc1c(F)ccc(C)c1CC(C)O. The van der Waals surface area contributed by atoms with Gasteiger partial charge in [0.25, 0.3) is 0 Å². The summed E-state index contributed by atoms with van der Waals surface area (Å²) < 4.78 is 18.2. The Labute approximate surface area is 83.3 Å². The van der Waals surface area contributed by atoms with Gasteiger partial charge < -0.3 is 9.84 Å². The van der Waals surface area contributed by atoms with Crippen molar-refractivity contribution in [1.29, 1.82) is 0 Å². The van der Waals surface area contributed by atoms with Crippen LogP contribution in [0.2, 0.25) is 0 Å². The fourth-order valence-electron chi connectivity index (χ4n) is 1.47. The lowest BCUT2D eigenvalue weighted by Crippen LogP contribution is -2.08. The molecule has 1 unspecified atom stereocenters. The predicted molar refractivity (Wildman–Crippen MR) is 53.1 cm³/mol. The van der Waals surface area contributed by atoms with Crippen molar-refractivity contribution in [2.45, 2.75) is 26.4 Å². The summed E-state index contributed by atoms with van der Waals surface area (Å²) in [7, 11) is 1.43. The van der Waals surface area contributed by atoms with Crippen molar-refractivity contribution in [3.63, 3.8) is 0 Å². The van der Waals surface area contributed by atoms with Gasteiger partial charge in [-0.05, 0) is 25.5 Å². The molecule has 1 atom stereocenters. The van der Waals surface area contributed by atoms with Gasteiger partial charge in [0.05, 0.1) is 13.2 Å². The molecule has 1 aromatic carbocycles. The second-order valence-electron chi connectivity index (χ2n) is 3.43. The molecule has 0 saturated heterocycles. The Bertz CT molecular complexity index is 321. The van der Waals surface area contributed by atoms with Gasteiger partial charge in [-0.2, -0.15) is 0 Å². The molecule has 0 bridgehead atoms. The summed E-state index contributed by atoms with van der Waals surface area (Å²) in [5.41, 5.74) is 1.67. The molecule has 14 heavy (non-hydrogen) atoms. The molecule has 78 valence electrons. The molecule has 0 saturated carbocycles. The Kier molecular flexibility index (Phi) is 3.47. The number of ether oxygens (including phenoxy) is 1. The Hall–Kier alpha value is -1.09. The van der Waals surface area contributed by atoms with Crippen molar-refractivity contribution >= 4 is 0 Å². The molecule has 0 radical (unpaired) electrons. The van der Waals surface area contributed by atoms with Crippen LogP contribution in [0.3, 0.4) is 0 Å². The summed E-state index contributed by atoms with van der Waals surface area (Å²) in [4.78, 5) is 0. The first-order valence-electron chi connectivity index (χ1n) is 4.56. The summed E-state index contributed by atoms with van der Waals surface area (Å²) in [5, 5.41) is 9.26. The quantitative estimate of drug-likeness (QED) is 0.805. The number of aliphatic hydroxyl groups excluding tert-OH is 1. The van der Waals surface area contributed by atoms with Crippen molar-refractivity contribution in [2.75, 3.05) is 7.11 Å². The average molecular weight is 198 g/mol. The Balaban J connectivity index is 3.16. The fourth-order valence-corrected chi connectivity index (χ4v) is 1.47. The standard InChI is InChI=1S/C11H15FO2/c1-7-4-5-10(12)11(14-3)9(7)6-8(2)13/h4-5,8,13H,6H2,1-3H3. The highest BCUT2D eigenvalue weighted by Crippen LogP contribution is 2.26. The van der Waals surface area contributed by atoms with E-state index in [0.717, 1.165) is 11.1 Å². The maximum atomic E-state index is 13.3. The molecule has 0 heterocycles. The normalized spacial score (nSPS) is 12.6. The number of methoxy groups -OCH3 is 1. The van der Waals surface area contributed by atoms with Gasteiger partial charge >= 0.3 is 0 Å². The smallest absolute Gasteiger partial charge is 0.165 e. The van der Waals surface area contributed by atoms with Crippen molar-refractivity contribution in [1.82, 2.24) is 0 Å². The van der Waals surface area contributed by atoms with Gasteiger partial charge in [0.1, 0.15) is 0 Å². The largest absolute Gasteiger partial charge is 0.493 e. The molecule has 3 heteroatoms. The van der Waals surface area contributed by atoms with E-state index in [9.17, 15) is 9.50 Å². The lowest BCUT2D eigenvalue weighted by molar-refractivity contribution is 0.193. The minimum Gasteiger partial charge on any atom is -0.493 e. The monoisotopic (exact) mass is 198 g/mol. The van der Waals surface area contributed by atoms with Crippen LogP contribution >= 0.6 is 0 Å². The minimum atomic E-state index is -0.496. The number of halogens is 1. The average Bonchev–Trinajstić information content (AvgIpc) is 2.11. The first-order valence-corrected chi connectivity index (χ1v) is 4.56. The Morgan fingerprint density at radius 3 is 2.64 bits per heavy atom. The van der Waals surface area contributed by atoms with E-state index >= 15 is 0 Å². The van der Waals surface area contributed by atoms with E-state index in [-0.39, 0.29) is 11.6 Å². The highest BCUT2D eigenvalue weighted by Gasteiger charge is 2.13. The second kappa shape index (κ2) is 4.42. The molecule has 0 aliphatic rings. The van der Waals surface area contributed by atoms with Gasteiger partial charge in [-0.15, -0.1) is 0 Å². The summed E-state index contributed by atoms with van der Waals surface area (Å²) in [6.45, 7) is 3.55. The number of aryl methyl sites for hydroxylation is 1. The molecule has 2 nitrogen and oxygen atoms in total. The third kappa shape index (κ3) is 2.23. The fraction of sp³-hybridized carbons (Fsp3) is 0.455. The summed E-state index contributed by atoms with van der Waals surface area (Å²) in [6, 6.07) is 3.06. The van der Waals surface area contributed by atoms with Crippen LogP contribution in [0.5, 0.6) is 5.75 Å². The highest BCUT2D eigenvalue weighted by atomic mass is 19.1. The van der Waals surface area contributed by atoms with Crippen LogP contribution in [0, 0.1) is 12.7 Å². The van der Waals surface area contributed by atoms with E-state index in [2.05, 4.69) is 0 Å². The number of hydrogen-bond donors (Lipinski definition) is 1. The van der Waals surface area contributed by atoms with Crippen LogP contribution in [0.1, 0.15) is 18.1 Å². The van der Waals surface area contributed by atoms with Crippen LogP contribution in [0.4, 0.5) is 4.39 Å². The number of benzene rings is 1. The maximum absolute atomic E-state index is 13.3. The van der Waals surface area contributed by atoms with Gasteiger partial charge in [-0.25, -0.2) is 4.39 Å². The lowest BCUT2D eigenvalue weighted by Gasteiger charge is -2.13. The van der Waals surface area contributed by atoms with Gasteiger partial charge in [-0.3, -0.25) is 0 Å².